The fraction of sp³-hybridized carbons (Fsp3) is 0.786. The van der Waals surface area contributed by atoms with Crippen LogP contribution in [0.25, 0.3) is 0 Å². The molecule has 1 fully saturated rings. The van der Waals surface area contributed by atoms with E-state index in [1.807, 2.05) is 32.5 Å². The standard InChI is InChI=1S/C14H25N5OS/c1-5-11-9-19(7-8-21-11)13-16-12(15-6-2)17-14(18-13)20-10(3)4/h10-11H,5-9H2,1-4H3,(H,15,16,17,18). The van der Waals surface area contributed by atoms with Gasteiger partial charge in [0.25, 0.3) is 0 Å². The van der Waals surface area contributed by atoms with Gasteiger partial charge in [0.15, 0.2) is 0 Å². The monoisotopic (exact) mass is 311 g/mol. The zero-order chi connectivity index (χ0) is 15.2. The first-order valence-electron chi connectivity index (χ1n) is 7.65. The molecule has 1 atom stereocenters. The van der Waals surface area contributed by atoms with E-state index < -0.39 is 0 Å². The Hall–Kier alpha value is -1.24. The molecule has 0 bridgehead atoms. The Morgan fingerprint density at radius 2 is 2.14 bits per heavy atom. The number of anilines is 2. The van der Waals surface area contributed by atoms with Crippen LogP contribution in [0.2, 0.25) is 0 Å². The summed E-state index contributed by atoms with van der Waals surface area (Å²) in [6, 6.07) is 0.400. The molecule has 6 nitrogen and oxygen atoms in total. The van der Waals surface area contributed by atoms with Gasteiger partial charge in [-0.05, 0) is 27.2 Å². The van der Waals surface area contributed by atoms with Crippen LogP contribution < -0.4 is 15.0 Å². The molecule has 0 aliphatic carbocycles. The maximum Gasteiger partial charge on any atom is 0.323 e. The Kier molecular flexibility index (Phi) is 5.90. The molecule has 2 heterocycles. The molecule has 2 rings (SSSR count). The molecule has 0 amide bonds. The molecule has 1 aromatic rings. The molecule has 0 aromatic carbocycles. The Morgan fingerprint density at radius 3 is 2.81 bits per heavy atom. The van der Waals surface area contributed by atoms with Gasteiger partial charge in [-0.25, -0.2) is 0 Å². The van der Waals surface area contributed by atoms with E-state index in [2.05, 4.69) is 32.1 Å². The molecule has 0 radical (unpaired) electrons. The van der Waals surface area contributed by atoms with Crippen LogP contribution >= 0.6 is 11.8 Å². The fourth-order valence-electron chi connectivity index (χ4n) is 2.14. The summed E-state index contributed by atoms with van der Waals surface area (Å²) in [7, 11) is 0. The van der Waals surface area contributed by atoms with Crippen LogP contribution in [0.5, 0.6) is 6.01 Å². The van der Waals surface area contributed by atoms with Gasteiger partial charge in [0.1, 0.15) is 0 Å². The summed E-state index contributed by atoms with van der Waals surface area (Å²) in [5, 5.41) is 3.80. The van der Waals surface area contributed by atoms with E-state index in [0.29, 0.717) is 17.2 Å². The van der Waals surface area contributed by atoms with Gasteiger partial charge in [-0.1, -0.05) is 6.92 Å². The molecule has 118 valence electrons. The number of rotatable bonds is 6. The van der Waals surface area contributed by atoms with Crippen LogP contribution in [0.15, 0.2) is 0 Å². The Morgan fingerprint density at radius 1 is 1.33 bits per heavy atom. The Labute approximate surface area is 131 Å². The van der Waals surface area contributed by atoms with Gasteiger partial charge >= 0.3 is 6.01 Å². The highest BCUT2D eigenvalue weighted by molar-refractivity contribution is 8.00. The quantitative estimate of drug-likeness (QED) is 0.865. The predicted molar refractivity (Wildman–Crippen MR) is 88.5 cm³/mol. The summed E-state index contributed by atoms with van der Waals surface area (Å²) in [6.45, 7) is 10.9. The van der Waals surface area contributed by atoms with E-state index in [9.17, 15) is 0 Å². The summed E-state index contributed by atoms with van der Waals surface area (Å²) in [5.41, 5.74) is 0. The van der Waals surface area contributed by atoms with Gasteiger partial charge in [0, 0.05) is 30.6 Å². The van der Waals surface area contributed by atoms with E-state index in [4.69, 9.17) is 4.74 Å². The predicted octanol–water partition coefficient (Wildman–Crippen LogP) is 2.42. The molecule has 21 heavy (non-hydrogen) atoms. The van der Waals surface area contributed by atoms with Crippen LogP contribution in [0.3, 0.4) is 0 Å². The lowest BCUT2D eigenvalue weighted by molar-refractivity contribution is 0.222. The summed E-state index contributed by atoms with van der Waals surface area (Å²) in [4.78, 5) is 15.6. The maximum absolute atomic E-state index is 5.65. The second kappa shape index (κ2) is 7.68. The highest BCUT2D eigenvalue weighted by Gasteiger charge is 2.22. The van der Waals surface area contributed by atoms with Crippen LogP contribution in [0.4, 0.5) is 11.9 Å². The number of ether oxygens (including phenoxy) is 1. The van der Waals surface area contributed by atoms with E-state index in [-0.39, 0.29) is 6.10 Å². The third kappa shape index (κ3) is 4.62. The molecule has 1 saturated heterocycles. The second-order valence-electron chi connectivity index (χ2n) is 5.29. The normalized spacial score (nSPS) is 18.9. The minimum atomic E-state index is 0.0510. The molecule has 7 heteroatoms. The van der Waals surface area contributed by atoms with E-state index >= 15 is 0 Å². The lowest BCUT2D eigenvalue weighted by Crippen LogP contribution is -2.39. The zero-order valence-corrected chi connectivity index (χ0v) is 14.1. The molecule has 0 spiro atoms. The van der Waals surface area contributed by atoms with E-state index in [1.54, 1.807) is 0 Å². The lowest BCUT2D eigenvalue weighted by Gasteiger charge is -2.32. The highest BCUT2D eigenvalue weighted by atomic mass is 32.2. The first-order valence-corrected chi connectivity index (χ1v) is 8.70. The second-order valence-corrected chi connectivity index (χ2v) is 6.69. The number of nitrogens with zero attached hydrogens (tertiary/aromatic N) is 4. The summed E-state index contributed by atoms with van der Waals surface area (Å²) >= 11 is 2.03. The molecule has 1 aliphatic heterocycles. The first kappa shape index (κ1) is 16.1. The Balaban J connectivity index is 2.21. The van der Waals surface area contributed by atoms with Crippen molar-refractivity contribution in [2.45, 2.75) is 45.5 Å². The molecular weight excluding hydrogens is 286 g/mol. The van der Waals surface area contributed by atoms with Crippen LogP contribution in [-0.4, -0.2) is 51.7 Å². The summed E-state index contributed by atoms with van der Waals surface area (Å²) in [6.07, 6.45) is 1.22. The average molecular weight is 311 g/mol. The number of hydrogen-bond donors (Lipinski definition) is 1. The minimum absolute atomic E-state index is 0.0510. The van der Waals surface area contributed by atoms with Crippen molar-refractivity contribution in [3.05, 3.63) is 0 Å². The van der Waals surface area contributed by atoms with Crippen LogP contribution in [0, 0.1) is 0 Å². The maximum atomic E-state index is 5.65. The molecular formula is C14H25N5OS. The molecule has 0 saturated carbocycles. The third-order valence-corrected chi connectivity index (χ3v) is 4.53. The molecule has 1 aromatic heterocycles. The SMILES string of the molecule is CCNc1nc(OC(C)C)nc(N2CCSC(CC)C2)n1. The van der Waals surface area contributed by atoms with Crippen LogP contribution in [0.1, 0.15) is 34.1 Å². The van der Waals surface area contributed by atoms with Crippen molar-refractivity contribution in [2.75, 3.05) is 35.6 Å². The van der Waals surface area contributed by atoms with Crippen molar-refractivity contribution >= 4 is 23.7 Å². The first-order chi connectivity index (χ1) is 10.1. The van der Waals surface area contributed by atoms with Crippen molar-refractivity contribution in [3.8, 4) is 6.01 Å². The Bertz CT molecular complexity index is 457. The van der Waals surface area contributed by atoms with Gasteiger partial charge in [-0.3, -0.25) is 0 Å². The smallest absolute Gasteiger partial charge is 0.323 e. The topological polar surface area (TPSA) is 63.2 Å². The van der Waals surface area contributed by atoms with Gasteiger partial charge in [0.2, 0.25) is 11.9 Å². The van der Waals surface area contributed by atoms with Crippen molar-refractivity contribution in [2.24, 2.45) is 0 Å². The van der Waals surface area contributed by atoms with Gasteiger partial charge in [0.05, 0.1) is 6.10 Å². The summed E-state index contributed by atoms with van der Waals surface area (Å²) < 4.78 is 5.65. The fourth-order valence-corrected chi connectivity index (χ4v) is 3.32. The summed E-state index contributed by atoms with van der Waals surface area (Å²) in [5.74, 6) is 2.42. The zero-order valence-electron chi connectivity index (χ0n) is 13.3. The molecule has 1 unspecified atom stereocenters. The number of hydrogen-bond acceptors (Lipinski definition) is 7. The number of aromatic nitrogens is 3. The minimum Gasteiger partial charge on any atom is -0.461 e. The van der Waals surface area contributed by atoms with Crippen molar-refractivity contribution in [3.63, 3.8) is 0 Å². The van der Waals surface area contributed by atoms with E-state index in [0.717, 1.165) is 31.3 Å². The number of nitrogens with one attached hydrogen (secondary N) is 1. The van der Waals surface area contributed by atoms with Gasteiger partial charge in [-0.2, -0.15) is 26.7 Å². The van der Waals surface area contributed by atoms with Gasteiger partial charge in [-0.15, -0.1) is 0 Å². The van der Waals surface area contributed by atoms with Crippen molar-refractivity contribution in [1.29, 1.82) is 0 Å². The third-order valence-electron chi connectivity index (χ3n) is 3.16. The van der Waals surface area contributed by atoms with Crippen molar-refractivity contribution < 1.29 is 4.74 Å². The average Bonchev–Trinajstić information content (AvgIpc) is 2.46. The number of thioether (sulfide) groups is 1. The van der Waals surface area contributed by atoms with Gasteiger partial charge < -0.3 is 15.0 Å². The van der Waals surface area contributed by atoms with Crippen molar-refractivity contribution in [1.82, 2.24) is 15.0 Å². The van der Waals surface area contributed by atoms with E-state index in [1.165, 1.54) is 6.42 Å². The lowest BCUT2D eigenvalue weighted by atomic mass is 10.3. The molecule has 1 aliphatic rings. The molecule has 1 N–H and O–H groups in total. The highest BCUT2D eigenvalue weighted by Crippen LogP contribution is 2.25. The van der Waals surface area contributed by atoms with Crippen LogP contribution in [-0.2, 0) is 0 Å². The largest absolute Gasteiger partial charge is 0.461 e.